The molecule has 1 amide bonds. The molecule has 3 rings (SSSR count). The van der Waals surface area contributed by atoms with Crippen molar-refractivity contribution >= 4 is 11.9 Å². The third-order valence-corrected chi connectivity index (χ3v) is 5.91. The van der Waals surface area contributed by atoms with E-state index < -0.39 is 5.60 Å². The summed E-state index contributed by atoms with van der Waals surface area (Å²) in [7, 11) is 3.22. The highest BCUT2D eigenvalue weighted by molar-refractivity contribution is 6.07. The summed E-state index contributed by atoms with van der Waals surface area (Å²) < 4.78 is 16.3. The Balaban J connectivity index is 1.68. The van der Waals surface area contributed by atoms with Crippen LogP contribution in [-0.4, -0.2) is 38.2 Å². The number of rotatable bonds is 6. The maximum atomic E-state index is 12.9. The van der Waals surface area contributed by atoms with Crippen molar-refractivity contribution in [3.63, 3.8) is 0 Å². The summed E-state index contributed by atoms with van der Waals surface area (Å²) in [6, 6.07) is 5.63. The van der Waals surface area contributed by atoms with Crippen LogP contribution in [0.2, 0.25) is 0 Å². The van der Waals surface area contributed by atoms with E-state index in [1.807, 2.05) is 18.2 Å². The molecule has 28 heavy (non-hydrogen) atoms. The summed E-state index contributed by atoms with van der Waals surface area (Å²) in [6.45, 7) is 4.33. The fourth-order valence-corrected chi connectivity index (χ4v) is 4.16. The first-order chi connectivity index (χ1) is 13.4. The number of ether oxygens (including phenoxy) is 3. The number of hydrogen-bond acceptors (Lipinski definition) is 5. The van der Waals surface area contributed by atoms with Crippen LogP contribution in [0, 0.1) is 5.92 Å². The second-order valence-corrected chi connectivity index (χ2v) is 7.75. The minimum absolute atomic E-state index is 0.203. The summed E-state index contributed by atoms with van der Waals surface area (Å²) in [5.74, 6) is 1.47. The molecule has 152 valence electrons. The second kappa shape index (κ2) is 8.25. The van der Waals surface area contributed by atoms with Crippen LogP contribution >= 0.6 is 0 Å². The van der Waals surface area contributed by atoms with Gasteiger partial charge in [0.1, 0.15) is 17.1 Å². The molecule has 1 aliphatic heterocycles. The van der Waals surface area contributed by atoms with Gasteiger partial charge in [0.05, 0.1) is 19.8 Å². The maximum Gasteiger partial charge on any atom is 0.335 e. The van der Waals surface area contributed by atoms with Crippen LogP contribution in [0.3, 0.4) is 0 Å². The highest BCUT2D eigenvalue weighted by atomic mass is 16.6. The number of methoxy groups -OCH3 is 2. The number of carbonyl (C=O) groups excluding carboxylic acids is 2. The number of amides is 1. The normalized spacial score (nSPS) is 24.3. The molecule has 1 aromatic carbocycles. The molecule has 0 radical (unpaired) electrons. The number of nitrogens with one attached hydrogen (secondary N) is 1. The van der Waals surface area contributed by atoms with Crippen molar-refractivity contribution in [1.29, 1.82) is 0 Å². The molecule has 0 aromatic heterocycles. The number of esters is 1. The molecule has 1 spiro atoms. The van der Waals surface area contributed by atoms with Crippen LogP contribution in [-0.2, 0) is 20.7 Å². The van der Waals surface area contributed by atoms with E-state index in [2.05, 4.69) is 12.2 Å². The van der Waals surface area contributed by atoms with Crippen LogP contribution in [0.1, 0.15) is 45.1 Å². The van der Waals surface area contributed by atoms with Gasteiger partial charge in [0.25, 0.3) is 5.91 Å². The Bertz CT molecular complexity index is 790. The lowest BCUT2D eigenvalue weighted by molar-refractivity contribution is -0.150. The smallest absolute Gasteiger partial charge is 0.335 e. The number of hydrogen-bond donors (Lipinski definition) is 1. The fourth-order valence-electron chi connectivity index (χ4n) is 4.16. The maximum absolute atomic E-state index is 12.9. The van der Waals surface area contributed by atoms with Crippen LogP contribution < -0.4 is 14.8 Å². The van der Waals surface area contributed by atoms with Crippen LogP contribution in [0.5, 0.6) is 11.5 Å². The van der Waals surface area contributed by atoms with Gasteiger partial charge in [-0.1, -0.05) is 13.0 Å². The van der Waals surface area contributed by atoms with E-state index in [9.17, 15) is 9.59 Å². The zero-order valence-corrected chi connectivity index (χ0v) is 17.1. The second-order valence-electron chi connectivity index (χ2n) is 7.75. The van der Waals surface area contributed by atoms with E-state index in [1.165, 1.54) is 0 Å². The molecule has 1 aliphatic carbocycles. The van der Waals surface area contributed by atoms with E-state index in [1.54, 1.807) is 21.1 Å². The van der Waals surface area contributed by atoms with Crippen molar-refractivity contribution in [1.82, 2.24) is 5.32 Å². The third-order valence-electron chi connectivity index (χ3n) is 5.91. The van der Waals surface area contributed by atoms with E-state index in [0.717, 1.165) is 29.9 Å². The molecule has 0 atom stereocenters. The Kier molecular flexibility index (Phi) is 5.96. The highest BCUT2D eigenvalue weighted by Crippen LogP contribution is 2.45. The van der Waals surface area contributed by atoms with Gasteiger partial charge >= 0.3 is 5.97 Å². The molecule has 1 saturated carbocycles. The molecule has 6 nitrogen and oxygen atoms in total. The summed E-state index contributed by atoms with van der Waals surface area (Å²) >= 11 is 0. The molecule has 1 aromatic rings. The molecular weight excluding hydrogens is 358 g/mol. The molecule has 1 N–H and O–H groups in total. The van der Waals surface area contributed by atoms with Crippen molar-refractivity contribution in [2.75, 3.05) is 20.8 Å². The predicted molar refractivity (Wildman–Crippen MR) is 105 cm³/mol. The molecule has 1 heterocycles. The predicted octanol–water partition coefficient (Wildman–Crippen LogP) is 3.18. The van der Waals surface area contributed by atoms with Crippen LogP contribution in [0.25, 0.3) is 0 Å². The summed E-state index contributed by atoms with van der Waals surface area (Å²) in [4.78, 5) is 25.1. The lowest BCUT2D eigenvalue weighted by atomic mass is 9.75. The number of benzene rings is 1. The number of carbonyl (C=O) groups is 2. The average molecular weight is 387 g/mol. The van der Waals surface area contributed by atoms with Gasteiger partial charge in [0, 0.05) is 18.2 Å². The lowest BCUT2D eigenvalue weighted by Gasteiger charge is -2.36. The van der Waals surface area contributed by atoms with Gasteiger partial charge in [-0.3, -0.25) is 4.79 Å². The van der Waals surface area contributed by atoms with Gasteiger partial charge in [-0.05, 0) is 56.6 Å². The minimum Gasteiger partial charge on any atom is -0.497 e. The monoisotopic (exact) mass is 387 g/mol. The van der Waals surface area contributed by atoms with Crippen molar-refractivity contribution in [2.45, 2.75) is 51.6 Å². The Morgan fingerprint density at radius 2 is 1.96 bits per heavy atom. The zero-order chi connectivity index (χ0) is 20.3. The van der Waals surface area contributed by atoms with Crippen LogP contribution in [0.15, 0.2) is 29.3 Å². The average Bonchev–Trinajstić information content (AvgIpc) is 2.94. The summed E-state index contributed by atoms with van der Waals surface area (Å²) in [5.41, 5.74) is 1.20. The Morgan fingerprint density at radius 3 is 2.61 bits per heavy atom. The van der Waals surface area contributed by atoms with Crippen LogP contribution in [0.4, 0.5) is 0 Å². The van der Waals surface area contributed by atoms with E-state index >= 15 is 0 Å². The van der Waals surface area contributed by atoms with E-state index in [0.29, 0.717) is 42.9 Å². The SMILES string of the molecule is COc1ccc(CCNC(=O)C2=C(C)C(=O)OC23CCC(C)CC3)c(OC)c1. The first kappa shape index (κ1) is 20.2. The third kappa shape index (κ3) is 3.86. The van der Waals surface area contributed by atoms with E-state index in [-0.39, 0.29) is 11.9 Å². The zero-order valence-electron chi connectivity index (χ0n) is 17.1. The summed E-state index contributed by atoms with van der Waals surface area (Å²) in [6.07, 6.45) is 3.96. The Labute approximate surface area is 166 Å². The Hall–Kier alpha value is -2.50. The minimum atomic E-state index is -0.741. The van der Waals surface area contributed by atoms with Gasteiger partial charge in [0.2, 0.25) is 0 Å². The van der Waals surface area contributed by atoms with Crippen molar-refractivity contribution in [3.8, 4) is 11.5 Å². The highest BCUT2D eigenvalue weighted by Gasteiger charge is 2.50. The summed E-state index contributed by atoms with van der Waals surface area (Å²) in [5, 5.41) is 2.97. The topological polar surface area (TPSA) is 73.9 Å². The molecule has 0 bridgehead atoms. The van der Waals surface area contributed by atoms with Gasteiger partial charge < -0.3 is 19.5 Å². The van der Waals surface area contributed by atoms with Gasteiger partial charge in [-0.25, -0.2) is 4.79 Å². The van der Waals surface area contributed by atoms with Crippen molar-refractivity contribution in [3.05, 3.63) is 34.9 Å². The lowest BCUT2D eigenvalue weighted by Crippen LogP contribution is -2.42. The molecule has 1 fully saturated rings. The largest absolute Gasteiger partial charge is 0.497 e. The first-order valence-corrected chi connectivity index (χ1v) is 9.84. The van der Waals surface area contributed by atoms with Crippen molar-refractivity contribution in [2.24, 2.45) is 5.92 Å². The van der Waals surface area contributed by atoms with Crippen molar-refractivity contribution < 1.29 is 23.8 Å². The molecule has 0 saturated heterocycles. The molecular formula is C22H29NO5. The molecule has 6 heteroatoms. The van der Waals surface area contributed by atoms with Gasteiger partial charge in [0.15, 0.2) is 0 Å². The fraction of sp³-hybridized carbons (Fsp3) is 0.545. The van der Waals surface area contributed by atoms with Gasteiger partial charge in [-0.15, -0.1) is 0 Å². The molecule has 0 unspecified atom stereocenters. The first-order valence-electron chi connectivity index (χ1n) is 9.84. The van der Waals surface area contributed by atoms with E-state index in [4.69, 9.17) is 14.2 Å². The van der Waals surface area contributed by atoms with Gasteiger partial charge in [-0.2, -0.15) is 0 Å². The quantitative estimate of drug-likeness (QED) is 0.759. The Morgan fingerprint density at radius 1 is 1.25 bits per heavy atom. The standard InChI is InChI=1S/C22H29NO5/c1-14-7-10-22(11-8-14)19(15(2)21(25)28-22)20(24)23-12-9-16-5-6-17(26-3)13-18(16)27-4/h5-6,13-14H,7-12H2,1-4H3,(H,23,24). The molecule has 2 aliphatic rings.